The highest BCUT2D eigenvalue weighted by molar-refractivity contribution is 6.24. The Bertz CT molecular complexity index is 6840. The van der Waals surface area contributed by atoms with E-state index < -0.39 is 0 Å². The lowest BCUT2D eigenvalue weighted by molar-refractivity contribution is 0.669. The van der Waals surface area contributed by atoms with Crippen LogP contribution in [-0.2, 0) is 5.41 Å². The van der Waals surface area contributed by atoms with E-state index in [1.54, 1.807) is 0 Å². The van der Waals surface area contributed by atoms with Crippen molar-refractivity contribution in [3.05, 3.63) is 411 Å². The maximum atomic E-state index is 6.27. The molecular formula is C103H64N2O. The van der Waals surface area contributed by atoms with Crippen LogP contribution in [0.3, 0.4) is 0 Å². The Morgan fingerprint density at radius 1 is 0.189 bits per heavy atom. The number of hydrogen-bond donors (Lipinski definition) is 0. The first-order valence-electron chi connectivity index (χ1n) is 36.5. The van der Waals surface area contributed by atoms with Crippen molar-refractivity contribution in [1.29, 1.82) is 0 Å². The lowest BCUT2D eigenvalue weighted by atomic mass is 9.70. The first kappa shape index (κ1) is 60.9. The number of pyridine rings is 2. The van der Waals surface area contributed by atoms with Crippen LogP contribution in [0.25, 0.3) is 187 Å². The molecule has 0 unspecified atom stereocenters. The van der Waals surface area contributed by atoms with Crippen molar-refractivity contribution in [2.75, 3.05) is 0 Å². The molecule has 0 saturated carbocycles. The van der Waals surface area contributed by atoms with Gasteiger partial charge < -0.3 is 4.42 Å². The minimum atomic E-state index is -0.383. The van der Waals surface area contributed by atoms with Crippen LogP contribution in [0.2, 0.25) is 0 Å². The molecule has 17 aromatic carbocycles. The maximum Gasteiger partial charge on any atom is 0.136 e. The molecule has 3 heterocycles. The van der Waals surface area contributed by atoms with E-state index in [1.165, 1.54) is 154 Å². The zero-order valence-electron chi connectivity index (χ0n) is 57.8. The lowest BCUT2D eigenvalue weighted by Crippen LogP contribution is -2.25. The molecule has 0 bridgehead atoms. The Morgan fingerprint density at radius 2 is 0.528 bits per heavy atom. The molecule has 3 aromatic heterocycles. The third-order valence-corrected chi connectivity index (χ3v) is 22.4. The quantitative estimate of drug-likeness (QED) is 0.142. The number of aromatic nitrogens is 2. The molecule has 0 aliphatic heterocycles. The second-order valence-electron chi connectivity index (χ2n) is 28.1. The number of nitrogens with zero attached hydrogens (tertiary/aromatic N) is 2. The van der Waals surface area contributed by atoms with Crippen molar-refractivity contribution < 1.29 is 4.42 Å². The van der Waals surface area contributed by atoms with Crippen molar-refractivity contribution in [1.82, 2.24) is 9.97 Å². The number of hydrogen-bond acceptors (Lipinski definition) is 3. The zero-order valence-corrected chi connectivity index (χ0v) is 57.8. The van der Waals surface area contributed by atoms with Crippen molar-refractivity contribution >= 4 is 75.8 Å². The summed E-state index contributed by atoms with van der Waals surface area (Å²) in [5.41, 5.74) is 30.5. The van der Waals surface area contributed by atoms with E-state index in [2.05, 4.69) is 382 Å². The summed E-state index contributed by atoms with van der Waals surface area (Å²) in [6.07, 6.45) is 4.12. The molecule has 492 valence electrons. The van der Waals surface area contributed by atoms with Gasteiger partial charge in [-0.1, -0.05) is 315 Å². The second kappa shape index (κ2) is 24.7. The molecule has 3 heteroatoms. The SMILES string of the molecule is c1ccc(-c2ccc3c(-c4ccc(-c5ccc6c(c5)C5(c7ccccc7-c7ccccc75)c5ccccc5-6)nc4)c4ccccc4c(-c4ccccc4)c3c2)cc1.c1ccc(-c2ccc3c(-c4ccc(-c5ccc6oc7cc8ccccc8cc7c6c5)nc4)c4ccccc4c(-c4ccccc4)c3c2)cc1. The molecular weight excluding hydrogens is 1280 g/mol. The van der Waals surface area contributed by atoms with E-state index in [-0.39, 0.29) is 5.41 Å². The lowest BCUT2D eigenvalue weighted by Gasteiger charge is -2.30. The topological polar surface area (TPSA) is 38.9 Å². The molecule has 3 nitrogen and oxygen atoms in total. The number of fused-ring (bicyclic) bond motifs is 18. The number of benzene rings is 17. The molecule has 0 N–H and O–H groups in total. The van der Waals surface area contributed by atoms with Crippen LogP contribution in [0.1, 0.15) is 22.3 Å². The molecule has 0 fully saturated rings. The highest BCUT2D eigenvalue weighted by atomic mass is 16.3. The van der Waals surface area contributed by atoms with Crippen molar-refractivity contribution in [2.24, 2.45) is 0 Å². The molecule has 0 radical (unpaired) electrons. The highest BCUT2D eigenvalue weighted by Crippen LogP contribution is 2.63. The predicted octanol–water partition coefficient (Wildman–Crippen LogP) is 27.5. The average molecular weight is 1350 g/mol. The van der Waals surface area contributed by atoms with E-state index in [0.717, 1.165) is 55.6 Å². The van der Waals surface area contributed by atoms with Gasteiger partial charge in [-0.15, -0.1) is 0 Å². The van der Waals surface area contributed by atoms with Crippen LogP contribution in [0, 0.1) is 0 Å². The van der Waals surface area contributed by atoms with Crippen LogP contribution in [-0.4, -0.2) is 9.97 Å². The van der Waals surface area contributed by atoms with E-state index >= 15 is 0 Å². The van der Waals surface area contributed by atoms with Gasteiger partial charge in [-0.2, -0.15) is 0 Å². The minimum absolute atomic E-state index is 0.383. The van der Waals surface area contributed by atoms with Gasteiger partial charge in [0, 0.05) is 45.4 Å². The van der Waals surface area contributed by atoms with Gasteiger partial charge in [0.25, 0.3) is 0 Å². The third kappa shape index (κ3) is 9.67. The first-order valence-corrected chi connectivity index (χ1v) is 36.5. The molecule has 20 aromatic rings. The van der Waals surface area contributed by atoms with Gasteiger partial charge in [0.05, 0.1) is 16.8 Å². The summed E-state index contributed by atoms with van der Waals surface area (Å²) in [7, 11) is 0. The largest absolute Gasteiger partial charge is 0.456 e. The highest BCUT2D eigenvalue weighted by Gasteiger charge is 2.51. The summed E-state index contributed by atoms with van der Waals surface area (Å²) < 4.78 is 6.27. The summed E-state index contributed by atoms with van der Waals surface area (Å²) in [5, 5.41) is 14.4. The van der Waals surface area contributed by atoms with Gasteiger partial charge >= 0.3 is 0 Å². The Labute approximate surface area is 613 Å². The van der Waals surface area contributed by atoms with Gasteiger partial charge in [0.1, 0.15) is 11.2 Å². The van der Waals surface area contributed by atoms with E-state index in [9.17, 15) is 0 Å². The maximum absolute atomic E-state index is 6.27. The fourth-order valence-corrected chi connectivity index (χ4v) is 17.7. The van der Waals surface area contributed by atoms with Gasteiger partial charge in [-0.05, 0) is 215 Å². The number of rotatable bonds is 8. The Kier molecular flexibility index (Phi) is 14.2. The Hall–Kier alpha value is -13.9. The van der Waals surface area contributed by atoms with E-state index in [4.69, 9.17) is 14.4 Å². The normalized spacial score (nSPS) is 12.4. The standard InChI is InChI=1S/C56H35N.C47H29NO/c1-3-15-36(16-4-1)38-27-31-47-48(33-38)54(37-17-5-2-6-18-37)45-22-7-8-23-46(45)55(47)40-29-32-53(57-35-40)39-28-30-44-43-21-11-14-26-51(43)56(52(44)34-39)49-24-12-9-19-41(49)42-20-10-13-25-50(42)56;1-3-11-30(12-4-1)34-19-22-39-42(26-34)46(31-13-5-2-6-14-31)37-17-9-10-18-38(37)47(39)36-20-23-43(48-29-36)35-21-24-44-40(27-35)41-25-32-15-7-8-16-33(32)28-45(41)49-44/h1-35H;1-29H. The predicted molar refractivity (Wildman–Crippen MR) is 443 cm³/mol. The first-order chi connectivity index (χ1) is 52.6. The summed E-state index contributed by atoms with van der Waals surface area (Å²) in [6.45, 7) is 0. The summed E-state index contributed by atoms with van der Waals surface area (Å²) in [4.78, 5) is 10.3. The fourth-order valence-electron chi connectivity index (χ4n) is 17.7. The Balaban J connectivity index is 0.000000138. The minimum Gasteiger partial charge on any atom is -0.456 e. The Morgan fingerprint density at radius 3 is 0.991 bits per heavy atom. The van der Waals surface area contributed by atoms with E-state index in [0.29, 0.717) is 0 Å². The summed E-state index contributed by atoms with van der Waals surface area (Å²) >= 11 is 0. The molecule has 2 aliphatic carbocycles. The molecule has 2 aliphatic rings. The summed E-state index contributed by atoms with van der Waals surface area (Å²) in [5.74, 6) is 0. The monoisotopic (exact) mass is 1340 g/mol. The second-order valence-corrected chi connectivity index (χ2v) is 28.1. The fraction of sp³-hybridized carbons (Fsp3) is 0.00971. The summed E-state index contributed by atoms with van der Waals surface area (Å²) in [6, 6.07) is 136. The van der Waals surface area contributed by atoms with Crippen LogP contribution in [0.4, 0.5) is 0 Å². The van der Waals surface area contributed by atoms with Crippen molar-refractivity contribution in [3.63, 3.8) is 0 Å². The molecule has 0 atom stereocenters. The van der Waals surface area contributed by atoms with Crippen molar-refractivity contribution in [3.8, 4) is 112 Å². The van der Waals surface area contributed by atoms with Gasteiger partial charge in [0.15, 0.2) is 0 Å². The smallest absolute Gasteiger partial charge is 0.136 e. The van der Waals surface area contributed by atoms with Crippen LogP contribution in [0.5, 0.6) is 0 Å². The zero-order chi connectivity index (χ0) is 69.8. The van der Waals surface area contributed by atoms with Crippen LogP contribution < -0.4 is 0 Å². The van der Waals surface area contributed by atoms with Gasteiger partial charge in [0.2, 0.25) is 0 Å². The molecule has 1 spiro atoms. The van der Waals surface area contributed by atoms with Crippen LogP contribution >= 0.6 is 0 Å². The van der Waals surface area contributed by atoms with Gasteiger partial charge in [-0.3, -0.25) is 9.97 Å². The average Bonchev–Trinajstić information content (AvgIpc) is 1.51. The van der Waals surface area contributed by atoms with Gasteiger partial charge in [-0.25, -0.2) is 0 Å². The third-order valence-electron chi connectivity index (χ3n) is 22.4. The van der Waals surface area contributed by atoms with Crippen LogP contribution in [0.15, 0.2) is 393 Å². The number of furan rings is 1. The van der Waals surface area contributed by atoms with Crippen molar-refractivity contribution in [2.45, 2.75) is 5.41 Å². The molecule has 106 heavy (non-hydrogen) atoms. The van der Waals surface area contributed by atoms with E-state index in [1.807, 2.05) is 6.20 Å². The molecule has 22 rings (SSSR count). The molecule has 0 saturated heterocycles. The molecule has 0 amide bonds.